The lowest BCUT2D eigenvalue weighted by atomic mass is 9.98. The van der Waals surface area contributed by atoms with Crippen molar-refractivity contribution in [2.45, 2.75) is 12.8 Å². The smallest absolute Gasteiger partial charge is 0.232 e. The Bertz CT molecular complexity index is 878. The number of halogens is 1. The third-order valence-corrected chi connectivity index (χ3v) is 4.63. The van der Waals surface area contributed by atoms with Gasteiger partial charge in [-0.3, -0.25) is 14.7 Å². The topological polar surface area (TPSA) is 74.8 Å². The Hall–Kier alpha value is -2.73. The van der Waals surface area contributed by atoms with Crippen molar-refractivity contribution in [3.05, 3.63) is 59.4 Å². The van der Waals surface area contributed by atoms with Crippen LogP contribution in [-0.4, -0.2) is 32.6 Å². The van der Waals surface area contributed by atoms with E-state index in [1.165, 1.54) is 0 Å². The summed E-state index contributed by atoms with van der Waals surface area (Å²) in [5.74, 6) is 1.09. The van der Waals surface area contributed by atoms with Crippen LogP contribution < -0.4 is 4.90 Å². The molecule has 0 radical (unpaired) electrons. The molecule has 0 aliphatic carbocycles. The molecular formula is C18H16ClN5O. The van der Waals surface area contributed by atoms with Crippen molar-refractivity contribution >= 4 is 23.5 Å². The number of H-pyrrole nitrogens is 1. The molecule has 6 nitrogen and oxygen atoms in total. The van der Waals surface area contributed by atoms with Gasteiger partial charge in [0.05, 0.1) is 0 Å². The van der Waals surface area contributed by atoms with Gasteiger partial charge in [-0.1, -0.05) is 23.7 Å². The Labute approximate surface area is 149 Å². The van der Waals surface area contributed by atoms with Gasteiger partial charge in [0.2, 0.25) is 11.9 Å². The van der Waals surface area contributed by atoms with Crippen molar-refractivity contribution in [3.63, 3.8) is 0 Å². The summed E-state index contributed by atoms with van der Waals surface area (Å²) >= 11 is 5.91. The molecule has 0 spiro atoms. The number of aromatic nitrogens is 4. The number of hydrogen-bond acceptors (Lipinski definition) is 4. The number of pyridine rings is 1. The van der Waals surface area contributed by atoms with Crippen molar-refractivity contribution in [1.29, 1.82) is 0 Å². The number of nitrogens with one attached hydrogen (secondary N) is 1. The van der Waals surface area contributed by atoms with Crippen molar-refractivity contribution in [2.75, 3.05) is 11.4 Å². The number of hydrogen-bond donors (Lipinski definition) is 1. The summed E-state index contributed by atoms with van der Waals surface area (Å²) in [6, 6.07) is 11.3. The Kier molecular flexibility index (Phi) is 4.19. The molecule has 25 heavy (non-hydrogen) atoms. The first-order chi connectivity index (χ1) is 12.2. The second-order valence-electron chi connectivity index (χ2n) is 6.02. The van der Waals surface area contributed by atoms with Gasteiger partial charge in [0.1, 0.15) is 0 Å². The highest BCUT2D eigenvalue weighted by Crippen LogP contribution is 2.27. The lowest BCUT2D eigenvalue weighted by Gasteiger charge is -2.13. The average Bonchev–Trinajstić information content (AvgIpc) is 3.25. The molecule has 1 N–H and O–H groups in total. The number of carbonyl (C=O) groups excluding carboxylic acids is 1. The zero-order valence-electron chi connectivity index (χ0n) is 13.4. The van der Waals surface area contributed by atoms with Gasteiger partial charge < -0.3 is 0 Å². The van der Waals surface area contributed by atoms with Gasteiger partial charge in [0.15, 0.2) is 5.82 Å². The van der Waals surface area contributed by atoms with E-state index in [0.29, 0.717) is 29.8 Å². The number of aromatic amines is 1. The van der Waals surface area contributed by atoms with Crippen LogP contribution in [0.25, 0.3) is 11.4 Å². The lowest BCUT2D eigenvalue weighted by Crippen LogP contribution is -2.28. The van der Waals surface area contributed by atoms with Crippen LogP contribution in [0.5, 0.6) is 0 Å². The highest BCUT2D eigenvalue weighted by Gasteiger charge is 2.34. The number of anilines is 1. The molecule has 126 valence electrons. The molecule has 1 saturated heterocycles. The molecule has 0 unspecified atom stereocenters. The Balaban J connectivity index is 1.48. The molecular weight excluding hydrogens is 338 g/mol. The van der Waals surface area contributed by atoms with Crippen LogP contribution in [-0.2, 0) is 11.2 Å². The van der Waals surface area contributed by atoms with Gasteiger partial charge in [-0.15, -0.1) is 0 Å². The van der Waals surface area contributed by atoms with Gasteiger partial charge >= 0.3 is 0 Å². The fourth-order valence-electron chi connectivity index (χ4n) is 3.05. The zero-order chi connectivity index (χ0) is 17.2. The van der Waals surface area contributed by atoms with Crippen LogP contribution in [0.15, 0.2) is 48.8 Å². The fraction of sp³-hybridized carbons (Fsp3) is 0.222. The van der Waals surface area contributed by atoms with Gasteiger partial charge in [-0.2, -0.15) is 10.1 Å². The number of rotatable bonds is 4. The van der Waals surface area contributed by atoms with Crippen molar-refractivity contribution < 1.29 is 4.79 Å². The summed E-state index contributed by atoms with van der Waals surface area (Å²) in [4.78, 5) is 22.8. The molecule has 1 aliphatic rings. The molecule has 3 heterocycles. The average molecular weight is 354 g/mol. The van der Waals surface area contributed by atoms with E-state index in [4.69, 9.17) is 11.6 Å². The van der Waals surface area contributed by atoms with Gasteiger partial charge in [-0.05, 0) is 42.7 Å². The maximum atomic E-state index is 12.7. The van der Waals surface area contributed by atoms with Crippen molar-refractivity contribution in [2.24, 2.45) is 5.92 Å². The van der Waals surface area contributed by atoms with Crippen LogP contribution >= 0.6 is 11.6 Å². The predicted octanol–water partition coefficient (Wildman–Crippen LogP) is 3.12. The number of nitrogens with zero attached hydrogens (tertiary/aromatic N) is 4. The monoisotopic (exact) mass is 353 g/mol. The normalized spacial score (nSPS) is 17.2. The van der Waals surface area contributed by atoms with E-state index in [1.54, 1.807) is 17.3 Å². The minimum Gasteiger partial charge on any atom is -0.281 e. The van der Waals surface area contributed by atoms with Crippen LogP contribution in [0.3, 0.4) is 0 Å². The van der Waals surface area contributed by atoms with E-state index < -0.39 is 0 Å². The largest absolute Gasteiger partial charge is 0.281 e. The molecule has 0 bridgehead atoms. The predicted molar refractivity (Wildman–Crippen MR) is 95.2 cm³/mol. The number of carbonyl (C=O) groups is 1. The minimum atomic E-state index is -0.0457. The standard InChI is InChI=1S/C18H16ClN5O/c19-15-3-1-12(2-4-15)11-14-7-10-24(17(14)25)18-21-16(22-23-18)13-5-8-20-9-6-13/h1-6,8-9,14H,7,10-11H2,(H,21,22,23)/t14-/m0/s1. The van der Waals surface area contributed by atoms with Crippen LogP contribution in [0, 0.1) is 5.92 Å². The highest BCUT2D eigenvalue weighted by atomic mass is 35.5. The Morgan fingerprint density at radius 2 is 1.92 bits per heavy atom. The first-order valence-electron chi connectivity index (χ1n) is 8.09. The first-order valence-corrected chi connectivity index (χ1v) is 8.47. The molecule has 3 aromatic rings. The maximum Gasteiger partial charge on any atom is 0.232 e. The third-order valence-electron chi connectivity index (χ3n) is 4.38. The molecule has 7 heteroatoms. The summed E-state index contributed by atoms with van der Waals surface area (Å²) < 4.78 is 0. The van der Waals surface area contributed by atoms with E-state index in [-0.39, 0.29) is 11.8 Å². The summed E-state index contributed by atoms with van der Waals surface area (Å²) in [7, 11) is 0. The quantitative estimate of drug-likeness (QED) is 0.782. The van der Waals surface area contributed by atoms with E-state index in [2.05, 4.69) is 20.2 Å². The molecule has 0 saturated carbocycles. The Morgan fingerprint density at radius 1 is 1.16 bits per heavy atom. The van der Waals surface area contributed by atoms with Crippen LogP contribution in [0.2, 0.25) is 5.02 Å². The van der Waals surface area contributed by atoms with Crippen molar-refractivity contribution in [1.82, 2.24) is 20.2 Å². The second kappa shape index (κ2) is 6.64. The summed E-state index contributed by atoms with van der Waals surface area (Å²) in [5, 5.41) is 7.79. The zero-order valence-corrected chi connectivity index (χ0v) is 14.1. The fourth-order valence-corrected chi connectivity index (χ4v) is 3.17. The molecule has 1 aromatic carbocycles. The second-order valence-corrected chi connectivity index (χ2v) is 6.46. The molecule has 1 atom stereocenters. The SMILES string of the molecule is O=C1[C@H](Cc2ccc(Cl)cc2)CCN1c1nc(-c2ccncc2)n[nH]1. The van der Waals surface area contributed by atoms with Crippen LogP contribution in [0.1, 0.15) is 12.0 Å². The van der Waals surface area contributed by atoms with Crippen molar-refractivity contribution in [3.8, 4) is 11.4 Å². The van der Waals surface area contributed by atoms with Crippen LogP contribution in [0.4, 0.5) is 5.95 Å². The van der Waals surface area contributed by atoms with E-state index >= 15 is 0 Å². The van der Waals surface area contributed by atoms with E-state index in [0.717, 1.165) is 17.5 Å². The molecule has 4 rings (SSSR count). The van der Waals surface area contributed by atoms with Gasteiger partial charge in [0, 0.05) is 35.4 Å². The van der Waals surface area contributed by atoms with Gasteiger partial charge in [-0.25, -0.2) is 5.10 Å². The number of benzene rings is 1. The summed E-state index contributed by atoms with van der Waals surface area (Å²) in [6.45, 7) is 0.641. The Morgan fingerprint density at radius 3 is 2.68 bits per heavy atom. The van der Waals surface area contributed by atoms with E-state index in [1.807, 2.05) is 36.4 Å². The third kappa shape index (κ3) is 3.25. The molecule has 1 fully saturated rings. The maximum absolute atomic E-state index is 12.7. The molecule has 1 aliphatic heterocycles. The molecule has 1 amide bonds. The summed E-state index contributed by atoms with van der Waals surface area (Å²) in [6.07, 6.45) is 4.88. The molecule has 2 aromatic heterocycles. The highest BCUT2D eigenvalue weighted by molar-refractivity contribution is 6.30. The number of amides is 1. The first kappa shape index (κ1) is 15.8. The summed E-state index contributed by atoms with van der Waals surface area (Å²) in [5.41, 5.74) is 1.97. The minimum absolute atomic E-state index is 0.0457. The van der Waals surface area contributed by atoms with Gasteiger partial charge in [0.25, 0.3) is 0 Å². The van der Waals surface area contributed by atoms with E-state index in [9.17, 15) is 4.79 Å². The lowest BCUT2D eigenvalue weighted by molar-refractivity contribution is -0.120.